The van der Waals surface area contributed by atoms with Crippen LogP contribution in [0.25, 0.3) is 10.8 Å². The molecule has 1 amide bonds. The first-order valence-electron chi connectivity index (χ1n) is 13.0. The number of hydrogen-bond donors (Lipinski definition) is 0. The molecule has 0 spiro atoms. The third-order valence-electron chi connectivity index (χ3n) is 7.03. The maximum atomic E-state index is 13.6. The minimum absolute atomic E-state index is 0.0621. The molecule has 0 radical (unpaired) electrons. The number of allylic oxidation sites excluding steroid dienone is 1. The Labute approximate surface area is 222 Å². The van der Waals surface area contributed by atoms with E-state index in [-0.39, 0.29) is 16.5 Å². The van der Waals surface area contributed by atoms with Crippen molar-refractivity contribution < 1.29 is 9.72 Å². The Balaban J connectivity index is 1.32. The smallest absolute Gasteiger partial charge is 0.269 e. The number of rotatable bonds is 8. The Kier molecular flexibility index (Phi) is 7.49. The van der Waals surface area contributed by atoms with E-state index < -0.39 is 0 Å². The summed E-state index contributed by atoms with van der Waals surface area (Å²) in [4.78, 5) is 32.8. The second kappa shape index (κ2) is 11.3. The van der Waals surface area contributed by atoms with E-state index in [2.05, 4.69) is 27.5 Å². The molecule has 4 aromatic rings. The average molecular weight is 510 g/mol. The fraction of sp³-hybridized carbons (Fsp3) is 0.267. The van der Waals surface area contributed by atoms with E-state index in [9.17, 15) is 14.9 Å². The monoisotopic (exact) mass is 509 g/mol. The van der Waals surface area contributed by atoms with Gasteiger partial charge in [0, 0.05) is 49.2 Å². The number of nitrogens with zero attached hydrogens (tertiary/aromatic N) is 5. The van der Waals surface area contributed by atoms with Crippen molar-refractivity contribution in [2.45, 2.75) is 32.9 Å². The number of piperazine rings is 1. The van der Waals surface area contributed by atoms with Crippen LogP contribution in [0, 0.1) is 10.1 Å². The van der Waals surface area contributed by atoms with Crippen LogP contribution in [0.3, 0.4) is 0 Å². The topological polar surface area (TPSA) is 84.5 Å². The van der Waals surface area contributed by atoms with Crippen molar-refractivity contribution in [1.29, 1.82) is 0 Å². The molecule has 1 aliphatic heterocycles. The summed E-state index contributed by atoms with van der Waals surface area (Å²) in [5.41, 5.74) is 4.00. The Bertz CT molecular complexity index is 1470. The third kappa shape index (κ3) is 5.44. The summed E-state index contributed by atoms with van der Waals surface area (Å²) in [5.74, 6) is 0.0621. The molecule has 1 aromatic heterocycles. The van der Waals surface area contributed by atoms with Gasteiger partial charge in [0.25, 0.3) is 11.6 Å². The number of fused-ring (bicyclic) bond motifs is 1. The van der Waals surface area contributed by atoms with Crippen LogP contribution >= 0.6 is 0 Å². The molecule has 1 fully saturated rings. The van der Waals surface area contributed by atoms with Gasteiger partial charge in [-0.2, -0.15) is 0 Å². The predicted octanol–water partition coefficient (Wildman–Crippen LogP) is 5.63. The highest BCUT2D eigenvalue weighted by Crippen LogP contribution is 2.24. The molecule has 0 atom stereocenters. The average Bonchev–Trinajstić information content (AvgIpc) is 3.38. The highest BCUT2D eigenvalue weighted by molar-refractivity contribution is 6.07. The number of carbonyl (C=O) groups is 1. The van der Waals surface area contributed by atoms with Gasteiger partial charge in [0.15, 0.2) is 0 Å². The number of unbranched alkanes of at least 4 members (excludes halogenated alkanes) is 1. The molecule has 194 valence electrons. The van der Waals surface area contributed by atoms with Crippen LogP contribution < -0.4 is 0 Å². The molecule has 8 nitrogen and oxygen atoms in total. The summed E-state index contributed by atoms with van der Waals surface area (Å²) in [7, 11) is 0. The molecule has 0 unspecified atom stereocenters. The molecular weight excluding hydrogens is 478 g/mol. The molecule has 0 bridgehead atoms. The number of aromatic nitrogens is 2. The summed E-state index contributed by atoms with van der Waals surface area (Å²) >= 11 is 0. The molecular formula is C30H31N5O3. The van der Waals surface area contributed by atoms with E-state index in [1.807, 2.05) is 53.6 Å². The molecule has 1 aliphatic rings. The van der Waals surface area contributed by atoms with Gasteiger partial charge in [0.2, 0.25) is 0 Å². The van der Waals surface area contributed by atoms with E-state index >= 15 is 0 Å². The molecule has 1 saturated heterocycles. The molecule has 0 aliphatic carbocycles. The maximum absolute atomic E-state index is 13.6. The van der Waals surface area contributed by atoms with Gasteiger partial charge in [-0.05, 0) is 28.8 Å². The zero-order valence-electron chi connectivity index (χ0n) is 21.5. The fourth-order valence-corrected chi connectivity index (χ4v) is 4.94. The number of nitro groups is 1. The van der Waals surface area contributed by atoms with Crippen molar-refractivity contribution in [2.75, 3.05) is 19.6 Å². The van der Waals surface area contributed by atoms with Gasteiger partial charge in [-0.25, -0.2) is 4.98 Å². The van der Waals surface area contributed by atoms with Crippen LogP contribution in [0.5, 0.6) is 0 Å². The summed E-state index contributed by atoms with van der Waals surface area (Å²) in [6.45, 7) is 5.36. The molecule has 3 aromatic carbocycles. The first-order chi connectivity index (χ1) is 18.5. The van der Waals surface area contributed by atoms with Gasteiger partial charge in [-0.3, -0.25) is 14.9 Å². The Morgan fingerprint density at radius 3 is 2.61 bits per heavy atom. The Morgan fingerprint density at radius 1 is 1.03 bits per heavy atom. The molecule has 8 heteroatoms. The van der Waals surface area contributed by atoms with Gasteiger partial charge >= 0.3 is 0 Å². The predicted molar refractivity (Wildman–Crippen MR) is 148 cm³/mol. The Hall–Kier alpha value is -4.46. The number of non-ortho nitro benzene ring substituents is 1. The van der Waals surface area contributed by atoms with Crippen LogP contribution in [0.15, 0.2) is 91.0 Å². The van der Waals surface area contributed by atoms with Crippen molar-refractivity contribution >= 4 is 22.4 Å². The normalized spacial score (nSPS) is 14.8. The van der Waals surface area contributed by atoms with Crippen molar-refractivity contribution in [2.24, 2.45) is 0 Å². The van der Waals surface area contributed by atoms with Crippen LogP contribution in [-0.4, -0.2) is 49.8 Å². The first kappa shape index (κ1) is 25.2. The van der Waals surface area contributed by atoms with Gasteiger partial charge in [0.1, 0.15) is 0 Å². The summed E-state index contributed by atoms with van der Waals surface area (Å²) in [6.07, 6.45) is 7.90. The quantitative estimate of drug-likeness (QED) is 0.227. The number of imidazole rings is 1. The molecule has 0 N–H and O–H groups in total. The number of hydrogen-bond acceptors (Lipinski definition) is 5. The molecule has 5 rings (SSSR count). The van der Waals surface area contributed by atoms with E-state index in [0.717, 1.165) is 52.7 Å². The zero-order chi connectivity index (χ0) is 26.5. The molecule has 2 heterocycles. The van der Waals surface area contributed by atoms with Crippen LogP contribution in [0.4, 0.5) is 5.69 Å². The first-order valence-corrected chi connectivity index (χ1v) is 13.0. The van der Waals surface area contributed by atoms with Gasteiger partial charge in [-0.15, -0.1) is 0 Å². The van der Waals surface area contributed by atoms with E-state index in [1.165, 1.54) is 12.1 Å². The SMILES string of the molecule is CCC/C=C1\CN(C(=O)c2cccc3ccccc23)CCN1Cc1cncn1Cc1ccc([N+](=O)[O-])cc1. The lowest BCUT2D eigenvalue weighted by Gasteiger charge is -2.38. The lowest BCUT2D eigenvalue weighted by atomic mass is 10.0. The minimum Gasteiger partial charge on any atom is -0.366 e. The van der Waals surface area contributed by atoms with E-state index in [1.54, 1.807) is 18.5 Å². The number of benzene rings is 3. The lowest BCUT2D eigenvalue weighted by molar-refractivity contribution is -0.384. The van der Waals surface area contributed by atoms with Crippen molar-refractivity contribution in [1.82, 2.24) is 19.4 Å². The summed E-state index contributed by atoms with van der Waals surface area (Å²) < 4.78 is 2.08. The largest absolute Gasteiger partial charge is 0.366 e. The van der Waals surface area contributed by atoms with Crippen molar-refractivity contribution in [3.8, 4) is 0 Å². The minimum atomic E-state index is -0.388. The van der Waals surface area contributed by atoms with Crippen LogP contribution in [-0.2, 0) is 13.1 Å². The van der Waals surface area contributed by atoms with E-state index in [0.29, 0.717) is 26.2 Å². The number of carbonyl (C=O) groups excluding carboxylic acids is 1. The number of nitro benzene ring substituents is 1. The summed E-state index contributed by atoms with van der Waals surface area (Å²) in [5, 5.41) is 13.0. The van der Waals surface area contributed by atoms with Crippen molar-refractivity contribution in [3.05, 3.63) is 118 Å². The zero-order valence-corrected chi connectivity index (χ0v) is 21.5. The van der Waals surface area contributed by atoms with Crippen LogP contribution in [0.1, 0.15) is 41.4 Å². The second-order valence-corrected chi connectivity index (χ2v) is 9.60. The molecule has 0 saturated carbocycles. The van der Waals surface area contributed by atoms with E-state index in [4.69, 9.17) is 0 Å². The highest BCUT2D eigenvalue weighted by Gasteiger charge is 2.26. The van der Waals surface area contributed by atoms with Gasteiger partial charge in [-0.1, -0.05) is 68.0 Å². The molecule has 38 heavy (non-hydrogen) atoms. The number of amides is 1. The van der Waals surface area contributed by atoms with Gasteiger partial charge in [0.05, 0.1) is 30.0 Å². The maximum Gasteiger partial charge on any atom is 0.269 e. The standard InChI is InChI=1S/C30H31N5O3/c1-2-3-9-26-20-33(30(36)29-11-6-8-24-7-4-5-10-28(24)29)17-16-32(26)21-27-18-31-22-34(27)19-23-12-14-25(15-13-23)35(37)38/h4-15,18,22H,2-3,16-17,19-21H2,1H3/b26-9+. The fourth-order valence-electron chi connectivity index (χ4n) is 4.94. The highest BCUT2D eigenvalue weighted by atomic mass is 16.6. The third-order valence-corrected chi connectivity index (χ3v) is 7.03. The summed E-state index contributed by atoms with van der Waals surface area (Å²) in [6, 6.07) is 20.6. The van der Waals surface area contributed by atoms with Crippen molar-refractivity contribution in [3.63, 3.8) is 0 Å². The van der Waals surface area contributed by atoms with Gasteiger partial charge < -0.3 is 14.4 Å². The lowest BCUT2D eigenvalue weighted by Crippen LogP contribution is -2.47. The van der Waals surface area contributed by atoms with Crippen LogP contribution in [0.2, 0.25) is 0 Å². The Morgan fingerprint density at radius 2 is 1.82 bits per heavy atom. The second-order valence-electron chi connectivity index (χ2n) is 9.60.